The van der Waals surface area contributed by atoms with Gasteiger partial charge in [-0.05, 0) is 68.0 Å². The average molecular weight is 509 g/mol. The topological polar surface area (TPSA) is 86.7 Å². The largest absolute Gasteiger partial charge is 0.381 e. The summed E-state index contributed by atoms with van der Waals surface area (Å²) in [6.07, 6.45) is 10.9. The van der Waals surface area contributed by atoms with E-state index in [0.29, 0.717) is 13.0 Å². The number of carbonyl (C=O) groups excluding carboxylic acids is 1. The molecule has 9 heteroatoms. The van der Waals surface area contributed by atoms with Crippen LogP contribution in [-0.2, 0) is 21.2 Å². The third-order valence-electron chi connectivity index (χ3n) is 7.06. The van der Waals surface area contributed by atoms with E-state index in [2.05, 4.69) is 47.5 Å². The predicted molar refractivity (Wildman–Crippen MR) is 140 cm³/mol. The fourth-order valence-electron chi connectivity index (χ4n) is 5.10. The molecule has 0 bridgehead atoms. The standard InChI is InChI=1S/C24H34N2O4P2S/c1-23(2,28)22(27)26-14-24(11-12-24)21(25-33(29,30)15-31)19(26)13-17-9-6-10-18(20(17)32)16-7-4-3-5-8-16/h4,6-10,19,21,25,28H,3,5,11-15,31-32H2,1-2H3. The monoisotopic (exact) mass is 508 g/mol. The normalized spacial score (nSPS) is 24.3. The molecule has 4 unspecified atom stereocenters. The Balaban J connectivity index is 1.72. The lowest BCUT2D eigenvalue weighted by atomic mass is 9.91. The Labute approximate surface area is 201 Å². The molecular weight excluding hydrogens is 474 g/mol. The van der Waals surface area contributed by atoms with Crippen molar-refractivity contribution in [3.05, 3.63) is 47.6 Å². The number of carbonyl (C=O) groups is 1. The smallest absolute Gasteiger partial charge is 0.254 e. The number of hydrogen-bond donors (Lipinski definition) is 2. The lowest BCUT2D eigenvalue weighted by Gasteiger charge is -2.33. The molecule has 3 aliphatic rings. The summed E-state index contributed by atoms with van der Waals surface area (Å²) in [4.78, 5) is 15.0. The minimum absolute atomic E-state index is 0.0867. The van der Waals surface area contributed by atoms with Gasteiger partial charge in [0.2, 0.25) is 10.0 Å². The summed E-state index contributed by atoms with van der Waals surface area (Å²) in [5.41, 5.74) is 1.51. The van der Waals surface area contributed by atoms with Gasteiger partial charge in [-0.25, -0.2) is 13.1 Å². The lowest BCUT2D eigenvalue weighted by molar-refractivity contribution is -0.149. The summed E-state index contributed by atoms with van der Waals surface area (Å²) in [6, 6.07) is 5.41. The van der Waals surface area contributed by atoms with Crippen molar-refractivity contribution in [3.8, 4) is 0 Å². The Hall–Kier alpha value is -1.10. The summed E-state index contributed by atoms with van der Waals surface area (Å²) in [6.45, 7) is 3.45. The number of amides is 1. The minimum Gasteiger partial charge on any atom is -0.381 e. The summed E-state index contributed by atoms with van der Waals surface area (Å²) < 4.78 is 28.0. The molecule has 2 fully saturated rings. The molecule has 33 heavy (non-hydrogen) atoms. The Morgan fingerprint density at radius 3 is 2.61 bits per heavy atom. The number of aliphatic hydroxyl groups is 1. The number of sulfonamides is 1. The van der Waals surface area contributed by atoms with E-state index < -0.39 is 15.6 Å². The maximum atomic E-state index is 13.2. The SMILES string of the molecule is CC(C)(O)C(=O)N1CC2(CC2)C(NS(=O)(=O)CP)C1Cc1cccc(C2=CCCC=C2)c1P. The second-order valence-electron chi connectivity index (χ2n) is 10.0. The molecule has 1 aromatic carbocycles. The van der Waals surface area contributed by atoms with Crippen molar-refractivity contribution in [1.82, 2.24) is 9.62 Å². The van der Waals surface area contributed by atoms with Crippen LogP contribution >= 0.6 is 18.5 Å². The highest BCUT2D eigenvalue weighted by Gasteiger charge is 2.62. The Kier molecular flexibility index (Phi) is 6.95. The van der Waals surface area contributed by atoms with Gasteiger partial charge < -0.3 is 10.0 Å². The van der Waals surface area contributed by atoms with E-state index in [9.17, 15) is 18.3 Å². The molecule has 6 nitrogen and oxygen atoms in total. The molecule has 4 rings (SSSR count). The molecule has 2 N–H and O–H groups in total. The van der Waals surface area contributed by atoms with Crippen LogP contribution in [0.1, 0.15) is 50.7 Å². The zero-order chi connectivity index (χ0) is 24.0. The van der Waals surface area contributed by atoms with Crippen LogP contribution in [-0.4, -0.2) is 54.1 Å². The molecule has 0 aromatic heterocycles. The molecule has 4 atom stereocenters. The zero-order valence-electron chi connectivity index (χ0n) is 19.3. The number of benzene rings is 1. The number of nitrogens with one attached hydrogen (secondary N) is 1. The van der Waals surface area contributed by atoms with E-state index in [0.717, 1.165) is 42.1 Å². The van der Waals surface area contributed by atoms with E-state index in [1.54, 1.807) is 4.90 Å². The van der Waals surface area contributed by atoms with Gasteiger partial charge in [-0.1, -0.05) is 36.4 Å². The summed E-state index contributed by atoms with van der Waals surface area (Å²) in [5, 5.41) is 11.6. The highest BCUT2D eigenvalue weighted by atomic mass is 32.2. The molecule has 1 saturated carbocycles. The van der Waals surface area contributed by atoms with Gasteiger partial charge in [0.05, 0.1) is 11.5 Å². The number of nitrogens with zero attached hydrogens (tertiary/aromatic N) is 1. The molecule has 1 aliphatic heterocycles. The molecule has 2 aliphatic carbocycles. The fourth-order valence-corrected chi connectivity index (χ4v) is 6.76. The maximum Gasteiger partial charge on any atom is 0.254 e. The maximum absolute atomic E-state index is 13.2. The highest BCUT2D eigenvalue weighted by Crippen LogP contribution is 2.56. The second kappa shape index (κ2) is 9.17. The van der Waals surface area contributed by atoms with Gasteiger partial charge in [0.1, 0.15) is 5.60 Å². The van der Waals surface area contributed by atoms with Gasteiger partial charge in [0, 0.05) is 18.0 Å². The van der Waals surface area contributed by atoms with Crippen molar-refractivity contribution < 1.29 is 18.3 Å². The Morgan fingerprint density at radius 2 is 2.03 bits per heavy atom. The van der Waals surface area contributed by atoms with Crippen molar-refractivity contribution in [2.24, 2.45) is 5.41 Å². The van der Waals surface area contributed by atoms with Gasteiger partial charge in [-0.2, -0.15) is 0 Å². The molecule has 1 spiro atoms. The number of rotatable bonds is 7. The fraction of sp³-hybridized carbons (Fsp3) is 0.542. The molecule has 180 valence electrons. The Morgan fingerprint density at radius 1 is 1.30 bits per heavy atom. The van der Waals surface area contributed by atoms with Crippen LogP contribution in [0.4, 0.5) is 0 Å². The van der Waals surface area contributed by atoms with Gasteiger partial charge in [-0.15, -0.1) is 18.5 Å². The number of likely N-dealkylation sites (tertiary alicyclic amines) is 1. The lowest BCUT2D eigenvalue weighted by Crippen LogP contribution is -2.53. The molecule has 1 aromatic rings. The van der Waals surface area contributed by atoms with Crippen molar-refractivity contribution in [1.29, 1.82) is 0 Å². The highest BCUT2D eigenvalue weighted by molar-refractivity contribution is 7.93. The van der Waals surface area contributed by atoms with Crippen LogP contribution in [0, 0.1) is 5.41 Å². The Bertz CT molecular complexity index is 1100. The van der Waals surface area contributed by atoms with E-state index in [1.165, 1.54) is 19.4 Å². The van der Waals surface area contributed by atoms with Gasteiger partial charge >= 0.3 is 0 Å². The van der Waals surface area contributed by atoms with Crippen molar-refractivity contribution in [2.45, 2.75) is 63.6 Å². The zero-order valence-corrected chi connectivity index (χ0v) is 22.4. The first-order valence-corrected chi connectivity index (χ1v) is 14.5. The molecule has 0 radical (unpaired) electrons. The third-order valence-corrected chi connectivity index (χ3v) is 10.1. The predicted octanol–water partition coefficient (Wildman–Crippen LogP) is 2.35. The van der Waals surface area contributed by atoms with Crippen LogP contribution < -0.4 is 10.0 Å². The van der Waals surface area contributed by atoms with Crippen LogP contribution in [0.3, 0.4) is 0 Å². The quantitative estimate of drug-likeness (QED) is 0.554. The minimum atomic E-state index is -3.49. The van der Waals surface area contributed by atoms with Crippen LogP contribution in [0.25, 0.3) is 5.57 Å². The van der Waals surface area contributed by atoms with Crippen molar-refractivity contribution in [3.63, 3.8) is 0 Å². The third kappa shape index (κ3) is 5.13. The molecule has 1 amide bonds. The second-order valence-corrected chi connectivity index (χ2v) is 13.4. The van der Waals surface area contributed by atoms with E-state index >= 15 is 0 Å². The first-order valence-electron chi connectivity index (χ1n) is 11.5. The summed E-state index contributed by atoms with van der Waals surface area (Å²) in [7, 11) is 1.63. The molecule has 1 saturated heterocycles. The van der Waals surface area contributed by atoms with E-state index in [1.807, 2.05) is 12.1 Å². The van der Waals surface area contributed by atoms with E-state index in [4.69, 9.17) is 0 Å². The number of allylic oxidation sites excluding steroid dienone is 4. The van der Waals surface area contributed by atoms with Gasteiger partial charge in [0.25, 0.3) is 5.91 Å². The molecule has 1 heterocycles. The van der Waals surface area contributed by atoms with Crippen LogP contribution in [0.15, 0.2) is 36.4 Å². The van der Waals surface area contributed by atoms with Crippen molar-refractivity contribution >= 4 is 45.3 Å². The van der Waals surface area contributed by atoms with Crippen LogP contribution in [0.2, 0.25) is 0 Å². The molecular formula is C24H34N2O4P2S. The van der Waals surface area contributed by atoms with Crippen LogP contribution in [0.5, 0.6) is 0 Å². The number of hydrogen-bond acceptors (Lipinski definition) is 4. The summed E-state index contributed by atoms with van der Waals surface area (Å²) >= 11 is 0. The van der Waals surface area contributed by atoms with Gasteiger partial charge in [-0.3, -0.25) is 4.79 Å². The average Bonchev–Trinajstić information content (AvgIpc) is 3.50. The van der Waals surface area contributed by atoms with Gasteiger partial charge in [0.15, 0.2) is 0 Å². The van der Waals surface area contributed by atoms with E-state index in [-0.39, 0.29) is 28.9 Å². The first kappa shape index (κ1) is 25.0. The first-order chi connectivity index (χ1) is 15.5. The summed E-state index contributed by atoms with van der Waals surface area (Å²) in [5.74, 6) is -0.356. The van der Waals surface area contributed by atoms with Crippen molar-refractivity contribution in [2.75, 3.05) is 12.0 Å².